The highest BCUT2D eigenvalue weighted by molar-refractivity contribution is 6.50. The second kappa shape index (κ2) is 6.48. The lowest BCUT2D eigenvalue weighted by Gasteiger charge is -2.20. The Morgan fingerprint density at radius 3 is 3.20 bits per heavy atom. The summed E-state index contributed by atoms with van der Waals surface area (Å²) in [6, 6.07) is 5.52. The van der Waals surface area contributed by atoms with Gasteiger partial charge in [-0.2, -0.15) is 0 Å². The number of aliphatic hydroxyl groups excluding tert-OH is 1. The van der Waals surface area contributed by atoms with Gasteiger partial charge in [-0.3, -0.25) is 9.79 Å². The zero-order valence-corrected chi connectivity index (χ0v) is 13.4. The van der Waals surface area contributed by atoms with Crippen LogP contribution in [0.4, 0.5) is 5.69 Å². The van der Waals surface area contributed by atoms with Gasteiger partial charge in [-0.15, -0.1) is 5.10 Å². The average molecular weight is 340 g/mol. The number of fused-ring (bicyclic) bond motifs is 2. The maximum Gasteiger partial charge on any atom is 0.260 e. The molecule has 128 valence electrons. The fraction of sp³-hybridized carbons (Fsp3) is 0.294. The summed E-state index contributed by atoms with van der Waals surface area (Å²) in [5.74, 6) is 0.735. The summed E-state index contributed by atoms with van der Waals surface area (Å²) in [7, 11) is 0. The maximum atomic E-state index is 12.4. The fourth-order valence-electron chi connectivity index (χ4n) is 2.74. The van der Waals surface area contributed by atoms with Crippen molar-refractivity contribution < 1.29 is 19.4 Å². The number of carbonyl (C=O) groups excluding carboxylic acids is 1. The van der Waals surface area contributed by atoms with Gasteiger partial charge in [0.25, 0.3) is 5.88 Å². The van der Waals surface area contributed by atoms with Crippen molar-refractivity contribution in [3.63, 3.8) is 0 Å². The van der Waals surface area contributed by atoms with Crippen molar-refractivity contribution in [2.75, 3.05) is 26.4 Å². The van der Waals surface area contributed by atoms with Crippen molar-refractivity contribution in [3.8, 4) is 5.88 Å². The number of pyridine rings is 1. The molecular weight excluding hydrogens is 324 g/mol. The number of hydrogen-bond donors (Lipinski definition) is 1. The van der Waals surface area contributed by atoms with Crippen molar-refractivity contribution in [2.24, 2.45) is 9.98 Å². The molecule has 8 heteroatoms. The smallest absolute Gasteiger partial charge is 0.260 e. The third kappa shape index (κ3) is 2.91. The van der Waals surface area contributed by atoms with Crippen LogP contribution in [-0.4, -0.2) is 58.3 Å². The molecule has 1 N–H and O–H groups in total. The van der Waals surface area contributed by atoms with Gasteiger partial charge in [0.15, 0.2) is 11.5 Å². The van der Waals surface area contributed by atoms with Crippen LogP contribution in [0, 0.1) is 0 Å². The van der Waals surface area contributed by atoms with Crippen LogP contribution < -0.4 is 4.74 Å². The molecule has 0 aromatic carbocycles. The van der Waals surface area contributed by atoms with Crippen LogP contribution in [0.2, 0.25) is 0 Å². The number of hydrogen-bond acceptors (Lipinski definition) is 7. The van der Waals surface area contributed by atoms with E-state index in [0.717, 1.165) is 0 Å². The molecule has 0 bridgehead atoms. The molecule has 2 aromatic rings. The molecule has 25 heavy (non-hydrogen) atoms. The van der Waals surface area contributed by atoms with Crippen LogP contribution in [0.25, 0.3) is 5.52 Å². The second-order valence-electron chi connectivity index (χ2n) is 5.54. The molecule has 3 heterocycles. The third-order valence-corrected chi connectivity index (χ3v) is 3.86. The van der Waals surface area contributed by atoms with Gasteiger partial charge in [0, 0.05) is 12.3 Å². The molecule has 0 saturated carbocycles. The van der Waals surface area contributed by atoms with E-state index in [9.17, 15) is 4.79 Å². The van der Waals surface area contributed by atoms with Gasteiger partial charge in [-0.05, 0) is 12.1 Å². The Balaban J connectivity index is 1.81. The van der Waals surface area contributed by atoms with Gasteiger partial charge in [0.2, 0.25) is 0 Å². The number of allylic oxidation sites excluding steroid dienone is 2. The lowest BCUT2D eigenvalue weighted by molar-refractivity contribution is -0.112. The largest absolute Gasteiger partial charge is 0.490 e. The van der Waals surface area contributed by atoms with Crippen LogP contribution in [0.3, 0.4) is 0 Å². The standard InChI is InChI=1S/C17H16N4O4/c22-6-8-25-17-16(13-3-1-2-5-21(13)20-17)19-11-10-15-12(9-14(11)23)18-4-7-24-15/h1-3,5,10,22H,4,6-9H2. The van der Waals surface area contributed by atoms with Crippen LogP contribution in [0.1, 0.15) is 6.42 Å². The molecule has 0 spiro atoms. The Morgan fingerprint density at radius 2 is 2.32 bits per heavy atom. The minimum absolute atomic E-state index is 0.0939. The number of nitrogens with zero attached hydrogens (tertiary/aromatic N) is 4. The Morgan fingerprint density at radius 1 is 1.40 bits per heavy atom. The van der Waals surface area contributed by atoms with Crippen LogP contribution in [-0.2, 0) is 9.53 Å². The first-order valence-electron chi connectivity index (χ1n) is 7.97. The van der Waals surface area contributed by atoms with Crippen LogP contribution >= 0.6 is 0 Å². The van der Waals surface area contributed by atoms with E-state index in [1.165, 1.54) is 0 Å². The van der Waals surface area contributed by atoms with Crippen LogP contribution in [0.15, 0.2) is 46.2 Å². The summed E-state index contributed by atoms with van der Waals surface area (Å²) >= 11 is 0. The van der Waals surface area contributed by atoms with E-state index < -0.39 is 0 Å². The molecule has 2 aliphatic rings. The summed E-state index contributed by atoms with van der Waals surface area (Å²) in [5.41, 5.74) is 2.11. The van der Waals surface area contributed by atoms with E-state index in [0.29, 0.717) is 35.8 Å². The normalized spacial score (nSPS) is 18.6. The van der Waals surface area contributed by atoms with Crippen molar-refractivity contribution in [1.29, 1.82) is 0 Å². The first-order valence-corrected chi connectivity index (χ1v) is 7.97. The summed E-state index contributed by atoms with van der Waals surface area (Å²) < 4.78 is 12.7. The van der Waals surface area contributed by atoms with Gasteiger partial charge >= 0.3 is 0 Å². The SMILES string of the molecule is O=C1CC2=NCCOC2=CC1=Nc1c(OCCO)nn2ccccc12. The molecule has 1 aliphatic carbocycles. The number of ketones is 1. The minimum atomic E-state index is -0.138. The number of Topliss-reactive ketones (excluding diaryl/α,β-unsaturated/α-hetero) is 1. The molecular formula is C17H16N4O4. The van der Waals surface area contributed by atoms with Crippen molar-refractivity contribution >= 4 is 28.4 Å². The van der Waals surface area contributed by atoms with Gasteiger partial charge < -0.3 is 14.6 Å². The summed E-state index contributed by atoms with van der Waals surface area (Å²) in [6.07, 6.45) is 3.56. The first kappa shape index (κ1) is 15.5. The lowest BCUT2D eigenvalue weighted by Crippen LogP contribution is -2.28. The van der Waals surface area contributed by atoms with Crippen LogP contribution in [0.5, 0.6) is 5.88 Å². The molecule has 4 rings (SSSR count). The lowest BCUT2D eigenvalue weighted by atomic mass is 10.00. The Kier molecular flexibility index (Phi) is 4.02. The average Bonchev–Trinajstić information content (AvgIpc) is 2.98. The summed E-state index contributed by atoms with van der Waals surface area (Å²) in [4.78, 5) is 21.2. The fourth-order valence-corrected chi connectivity index (χ4v) is 2.74. The minimum Gasteiger partial charge on any atom is -0.490 e. The third-order valence-electron chi connectivity index (χ3n) is 3.86. The summed E-state index contributed by atoms with van der Waals surface area (Å²) in [5, 5.41) is 13.3. The molecule has 1 aliphatic heterocycles. The predicted octanol–water partition coefficient (Wildman–Crippen LogP) is 1.11. The maximum absolute atomic E-state index is 12.4. The summed E-state index contributed by atoms with van der Waals surface area (Å²) in [6.45, 7) is 1.02. The van der Waals surface area contributed by atoms with E-state index in [1.54, 1.807) is 16.8 Å². The van der Waals surface area contributed by atoms with E-state index >= 15 is 0 Å². The quantitative estimate of drug-likeness (QED) is 0.899. The predicted molar refractivity (Wildman–Crippen MR) is 90.8 cm³/mol. The second-order valence-corrected chi connectivity index (χ2v) is 5.54. The number of aliphatic hydroxyl groups is 1. The van der Waals surface area contributed by atoms with Gasteiger partial charge in [-0.1, -0.05) is 6.07 Å². The first-order chi connectivity index (χ1) is 12.3. The molecule has 8 nitrogen and oxygen atoms in total. The topological polar surface area (TPSA) is 97.8 Å². The molecule has 2 aromatic heterocycles. The zero-order chi connectivity index (χ0) is 17.2. The highest BCUT2D eigenvalue weighted by atomic mass is 16.5. The molecule has 0 atom stereocenters. The van der Waals surface area contributed by atoms with Gasteiger partial charge in [-0.25, -0.2) is 9.51 Å². The van der Waals surface area contributed by atoms with Crippen molar-refractivity contribution in [2.45, 2.75) is 6.42 Å². The molecule has 0 fully saturated rings. The number of ether oxygens (including phenoxy) is 2. The monoisotopic (exact) mass is 340 g/mol. The number of rotatable bonds is 4. The van der Waals surface area contributed by atoms with E-state index in [2.05, 4.69) is 15.1 Å². The molecule has 0 unspecified atom stereocenters. The number of carbonyl (C=O) groups is 1. The molecule has 0 saturated heterocycles. The highest BCUT2D eigenvalue weighted by Gasteiger charge is 2.27. The number of aromatic nitrogens is 2. The Hall–Kier alpha value is -3.00. The Labute approximate surface area is 143 Å². The zero-order valence-electron chi connectivity index (χ0n) is 13.4. The Bertz CT molecular complexity index is 926. The molecule has 0 radical (unpaired) electrons. The van der Waals surface area contributed by atoms with Crippen molar-refractivity contribution in [3.05, 3.63) is 36.2 Å². The van der Waals surface area contributed by atoms with Crippen molar-refractivity contribution in [1.82, 2.24) is 9.61 Å². The van der Waals surface area contributed by atoms with E-state index in [-0.39, 0.29) is 37.0 Å². The van der Waals surface area contributed by atoms with E-state index in [1.807, 2.05) is 18.2 Å². The molecule has 0 amide bonds. The number of aliphatic imine (C=N–C) groups is 2. The van der Waals surface area contributed by atoms with Gasteiger partial charge in [0.1, 0.15) is 24.7 Å². The van der Waals surface area contributed by atoms with Gasteiger partial charge in [0.05, 0.1) is 30.8 Å². The van der Waals surface area contributed by atoms with E-state index in [4.69, 9.17) is 14.6 Å². The highest BCUT2D eigenvalue weighted by Crippen LogP contribution is 2.32.